The van der Waals surface area contributed by atoms with Crippen molar-refractivity contribution in [1.82, 2.24) is 0 Å². The third-order valence-electron chi connectivity index (χ3n) is 8.47. The second-order valence-corrected chi connectivity index (χ2v) is 11.6. The maximum atomic E-state index is 12.9. The molecule has 0 radical (unpaired) electrons. The Morgan fingerprint density at radius 3 is 1.33 bits per heavy atom. The summed E-state index contributed by atoms with van der Waals surface area (Å²) in [6, 6.07) is 32.5. The van der Waals surface area contributed by atoms with E-state index in [-0.39, 0.29) is 25.7 Å². The van der Waals surface area contributed by atoms with Crippen molar-refractivity contribution in [3.05, 3.63) is 143 Å². The molecule has 4 aromatic rings. The van der Waals surface area contributed by atoms with Crippen molar-refractivity contribution in [2.24, 2.45) is 0 Å². The Hall–Kier alpha value is -3.36. The highest BCUT2D eigenvalue weighted by Crippen LogP contribution is 2.45. The van der Waals surface area contributed by atoms with Crippen molar-refractivity contribution in [3.8, 4) is 0 Å². The van der Waals surface area contributed by atoms with Crippen LogP contribution in [0.25, 0.3) is 0 Å². The van der Waals surface area contributed by atoms with Gasteiger partial charge in [-0.1, -0.05) is 120 Å². The molecule has 0 aliphatic rings. The van der Waals surface area contributed by atoms with E-state index in [1.807, 2.05) is 56.3 Å². The lowest BCUT2D eigenvalue weighted by Gasteiger charge is -2.56. The lowest BCUT2D eigenvalue weighted by atomic mass is 9.59. The molecule has 0 fully saturated rings. The molecule has 0 saturated heterocycles. The van der Waals surface area contributed by atoms with Crippen LogP contribution in [0.3, 0.4) is 0 Å². The molecule has 4 rings (SSSR count). The highest BCUT2D eigenvalue weighted by molar-refractivity contribution is 5.33. The van der Waals surface area contributed by atoms with E-state index in [9.17, 15) is 30.6 Å². The van der Waals surface area contributed by atoms with Crippen LogP contribution >= 0.6 is 0 Å². The lowest BCUT2D eigenvalue weighted by molar-refractivity contribution is -0.297. The number of aliphatic hydroxyl groups is 6. The van der Waals surface area contributed by atoms with Crippen molar-refractivity contribution in [1.29, 1.82) is 0 Å². The van der Waals surface area contributed by atoms with Gasteiger partial charge < -0.3 is 30.6 Å². The number of rotatable bonds is 13. The summed E-state index contributed by atoms with van der Waals surface area (Å²) in [7, 11) is 0. The van der Waals surface area contributed by atoms with Gasteiger partial charge in [0.25, 0.3) is 0 Å². The van der Waals surface area contributed by atoms with Crippen LogP contribution in [0.4, 0.5) is 0 Å². The largest absolute Gasteiger partial charge is 0.394 e. The summed E-state index contributed by atoms with van der Waals surface area (Å²) >= 11 is 0. The van der Waals surface area contributed by atoms with E-state index in [1.54, 1.807) is 66.7 Å². The van der Waals surface area contributed by atoms with Gasteiger partial charge in [0.2, 0.25) is 0 Å². The van der Waals surface area contributed by atoms with Gasteiger partial charge in [0.15, 0.2) is 0 Å². The lowest BCUT2D eigenvalue weighted by Crippen LogP contribution is -2.77. The Bertz CT molecular complexity index is 1390. The molecule has 222 valence electrons. The van der Waals surface area contributed by atoms with Crippen LogP contribution in [-0.4, -0.2) is 66.3 Å². The van der Waals surface area contributed by atoms with Crippen LogP contribution < -0.4 is 0 Å². The standard InChI is InChI=1S/C36H42O6/c1-26-13-17-28(18-14-26)21-32(38)34(40,23-31-19-15-27(2)16-20-31)36(42,24-30-11-7-4-8-12-30)35(41,33(39)25-37)22-29-9-5-3-6-10-29/h3-20,32-33,37-42H,21-25H2,1-2H3/t32?,33-,34+,35+,36+/m0/s1. The summed E-state index contributed by atoms with van der Waals surface area (Å²) < 4.78 is 0. The summed E-state index contributed by atoms with van der Waals surface area (Å²) in [6.45, 7) is 3.01. The second-order valence-electron chi connectivity index (χ2n) is 11.6. The van der Waals surface area contributed by atoms with Crippen molar-refractivity contribution < 1.29 is 30.6 Å². The summed E-state index contributed by atoms with van der Waals surface area (Å²) in [6.07, 6.45) is -4.32. The number of aliphatic hydroxyl groups excluding tert-OH is 3. The van der Waals surface area contributed by atoms with Crippen molar-refractivity contribution >= 4 is 0 Å². The number of hydrogen-bond donors (Lipinski definition) is 6. The van der Waals surface area contributed by atoms with Gasteiger partial charge in [-0.3, -0.25) is 0 Å². The molecule has 0 spiro atoms. The molecule has 42 heavy (non-hydrogen) atoms. The summed E-state index contributed by atoms with van der Waals surface area (Å²) in [5.41, 5.74) is -2.93. The zero-order valence-electron chi connectivity index (χ0n) is 24.3. The molecule has 6 N–H and O–H groups in total. The molecule has 1 unspecified atom stereocenters. The average molecular weight is 571 g/mol. The van der Waals surface area contributed by atoms with E-state index in [2.05, 4.69) is 0 Å². The molecule has 0 amide bonds. The molecule has 6 nitrogen and oxygen atoms in total. The fourth-order valence-corrected chi connectivity index (χ4v) is 5.84. The van der Waals surface area contributed by atoms with Gasteiger partial charge in [-0.05, 0) is 36.1 Å². The normalized spacial score (nSPS) is 17.4. The number of benzene rings is 4. The Balaban J connectivity index is 1.94. The highest BCUT2D eigenvalue weighted by atomic mass is 16.4. The molecule has 0 aromatic heterocycles. The van der Waals surface area contributed by atoms with E-state index < -0.39 is 35.6 Å². The third kappa shape index (κ3) is 6.65. The van der Waals surface area contributed by atoms with Crippen molar-refractivity contribution in [2.45, 2.75) is 68.5 Å². The minimum atomic E-state index is -2.56. The zero-order chi connectivity index (χ0) is 30.4. The molecular weight excluding hydrogens is 528 g/mol. The molecule has 0 bridgehead atoms. The summed E-state index contributed by atoms with van der Waals surface area (Å²) in [5, 5.41) is 71.6. The predicted octanol–water partition coefficient (Wildman–Crippen LogP) is 3.48. The van der Waals surface area contributed by atoms with Crippen LogP contribution in [0.5, 0.6) is 0 Å². The van der Waals surface area contributed by atoms with Crippen LogP contribution in [0, 0.1) is 13.8 Å². The van der Waals surface area contributed by atoms with Gasteiger partial charge in [-0.2, -0.15) is 0 Å². The highest BCUT2D eigenvalue weighted by Gasteiger charge is 2.66. The van der Waals surface area contributed by atoms with Crippen LogP contribution in [0.2, 0.25) is 0 Å². The minimum Gasteiger partial charge on any atom is -0.394 e. The predicted molar refractivity (Wildman–Crippen MR) is 164 cm³/mol. The summed E-state index contributed by atoms with van der Waals surface area (Å²) in [4.78, 5) is 0. The fraction of sp³-hybridized carbons (Fsp3) is 0.333. The number of aryl methyl sites for hydroxylation is 2. The second kappa shape index (κ2) is 13.3. The maximum Gasteiger partial charge on any atom is 0.132 e. The molecular formula is C36H42O6. The smallest absolute Gasteiger partial charge is 0.132 e. The monoisotopic (exact) mass is 570 g/mol. The van der Waals surface area contributed by atoms with Gasteiger partial charge in [0.05, 0.1) is 12.7 Å². The maximum absolute atomic E-state index is 12.9. The molecule has 0 aliphatic heterocycles. The summed E-state index contributed by atoms with van der Waals surface area (Å²) in [5.74, 6) is 0. The van der Waals surface area contributed by atoms with Gasteiger partial charge in [0, 0.05) is 25.7 Å². The zero-order valence-corrected chi connectivity index (χ0v) is 24.3. The van der Waals surface area contributed by atoms with Gasteiger partial charge >= 0.3 is 0 Å². The van der Waals surface area contributed by atoms with Gasteiger partial charge in [0.1, 0.15) is 22.9 Å². The molecule has 6 heteroatoms. The van der Waals surface area contributed by atoms with E-state index >= 15 is 0 Å². The van der Waals surface area contributed by atoms with Gasteiger partial charge in [-0.25, -0.2) is 0 Å². The van der Waals surface area contributed by atoms with Crippen LogP contribution in [-0.2, 0) is 25.7 Å². The van der Waals surface area contributed by atoms with Crippen molar-refractivity contribution in [2.75, 3.05) is 6.61 Å². The molecule has 0 heterocycles. The van der Waals surface area contributed by atoms with Gasteiger partial charge in [-0.15, -0.1) is 0 Å². The van der Waals surface area contributed by atoms with E-state index in [0.717, 1.165) is 16.7 Å². The Labute approximate surface area is 248 Å². The van der Waals surface area contributed by atoms with E-state index in [0.29, 0.717) is 16.7 Å². The molecule has 5 atom stereocenters. The topological polar surface area (TPSA) is 121 Å². The third-order valence-corrected chi connectivity index (χ3v) is 8.47. The first-order chi connectivity index (χ1) is 20.0. The average Bonchev–Trinajstić information content (AvgIpc) is 2.99. The van der Waals surface area contributed by atoms with Crippen molar-refractivity contribution in [3.63, 3.8) is 0 Å². The molecule has 0 aliphatic carbocycles. The SMILES string of the molecule is Cc1ccc(CC(O)[C@](O)(Cc2ccc(C)cc2)[C@](O)(Cc2ccccc2)[C@@](O)(Cc2ccccc2)[C@@H](O)CO)cc1. The first kappa shape index (κ1) is 31.6. The quantitative estimate of drug-likeness (QED) is 0.146. The Morgan fingerprint density at radius 1 is 0.500 bits per heavy atom. The van der Waals surface area contributed by atoms with E-state index in [4.69, 9.17) is 0 Å². The molecule has 0 saturated carbocycles. The van der Waals surface area contributed by atoms with Crippen LogP contribution in [0.15, 0.2) is 109 Å². The Morgan fingerprint density at radius 2 is 0.881 bits per heavy atom. The first-order valence-corrected chi connectivity index (χ1v) is 14.3. The number of hydrogen-bond acceptors (Lipinski definition) is 6. The van der Waals surface area contributed by atoms with E-state index in [1.165, 1.54) is 0 Å². The minimum absolute atomic E-state index is 0.0314. The first-order valence-electron chi connectivity index (χ1n) is 14.3. The Kier molecular flexibility index (Phi) is 10.00. The fourth-order valence-electron chi connectivity index (χ4n) is 5.84. The van der Waals surface area contributed by atoms with Crippen LogP contribution in [0.1, 0.15) is 33.4 Å². The molecule has 4 aromatic carbocycles.